The van der Waals surface area contributed by atoms with Crippen LogP contribution in [0.1, 0.15) is 25.0 Å². The zero-order chi connectivity index (χ0) is 12.9. The summed E-state index contributed by atoms with van der Waals surface area (Å²) in [5.74, 6) is 1.16. The number of ether oxygens (including phenoxy) is 2. The predicted octanol–water partition coefficient (Wildman–Crippen LogP) is 1.51. The number of nitrogens with zero attached hydrogens (tertiary/aromatic N) is 2. The molecule has 0 radical (unpaired) electrons. The number of rotatable bonds is 0. The van der Waals surface area contributed by atoms with E-state index in [2.05, 4.69) is 19.1 Å². The van der Waals surface area contributed by atoms with Gasteiger partial charge in [0.15, 0.2) is 11.5 Å². The number of nitriles is 2. The van der Waals surface area contributed by atoms with E-state index in [0.717, 1.165) is 10.6 Å². The fourth-order valence-electron chi connectivity index (χ4n) is 2.25. The lowest BCUT2D eigenvalue weighted by Crippen LogP contribution is -2.18. The summed E-state index contributed by atoms with van der Waals surface area (Å²) in [6, 6.07) is 4.26. The predicted molar refractivity (Wildman–Crippen MR) is 72.0 cm³/mol. The molecule has 4 nitrogen and oxygen atoms in total. The van der Waals surface area contributed by atoms with E-state index in [4.69, 9.17) is 9.47 Å². The minimum Gasteiger partial charge on any atom is -0.451 e. The van der Waals surface area contributed by atoms with Crippen LogP contribution in [0.3, 0.4) is 0 Å². The lowest BCUT2D eigenvalue weighted by Gasteiger charge is -2.07. The SMILES string of the molecule is CC1Oc2c(C#N)c(C#N)c3c(c2O1)PC(C)P3. The molecule has 2 aliphatic rings. The average molecular weight is 276 g/mol. The van der Waals surface area contributed by atoms with Crippen molar-refractivity contribution >= 4 is 27.8 Å². The Bertz CT molecular complexity index is 576. The van der Waals surface area contributed by atoms with Crippen LogP contribution < -0.4 is 20.1 Å². The molecule has 0 fully saturated rings. The third-order valence-electron chi connectivity index (χ3n) is 2.92. The van der Waals surface area contributed by atoms with E-state index in [-0.39, 0.29) is 6.29 Å². The highest BCUT2D eigenvalue weighted by Crippen LogP contribution is 2.49. The van der Waals surface area contributed by atoms with E-state index in [1.54, 1.807) is 6.92 Å². The molecule has 18 heavy (non-hydrogen) atoms. The van der Waals surface area contributed by atoms with Crippen LogP contribution in [0.5, 0.6) is 11.5 Å². The molecule has 1 aromatic carbocycles. The standard InChI is InChI=1S/C12H10N2O2P2/c1-5-15-9-7(3-13)8(4-14)11-12(10(9)16-5)18-6(2)17-11/h5-6,17-18H,1-2H3. The average Bonchev–Trinajstić information content (AvgIpc) is 2.89. The Hall–Kier alpha value is -1.34. The Morgan fingerprint density at radius 1 is 0.944 bits per heavy atom. The van der Waals surface area contributed by atoms with Crippen LogP contribution in [0.4, 0.5) is 0 Å². The number of fused-ring (bicyclic) bond motifs is 3. The summed E-state index contributed by atoms with van der Waals surface area (Å²) in [7, 11) is 1.21. The molecule has 2 aliphatic heterocycles. The maximum Gasteiger partial charge on any atom is 0.238 e. The van der Waals surface area contributed by atoms with Crippen LogP contribution in [-0.4, -0.2) is 11.7 Å². The van der Waals surface area contributed by atoms with Crippen molar-refractivity contribution in [2.75, 3.05) is 0 Å². The van der Waals surface area contributed by atoms with Gasteiger partial charge in [-0.2, -0.15) is 10.5 Å². The monoisotopic (exact) mass is 276 g/mol. The molecule has 0 amide bonds. The summed E-state index contributed by atoms with van der Waals surface area (Å²) in [6.07, 6.45) is -0.380. The smallest absolute Gasteiger partial charge is 0.238 e. The Balaban J connectivity index is 2.33. The topological polar surface area (TPSA) is 66.0 Å². The molecular formula is C12H10N2O2P2. The van der Waals surface area contributed by atoms with Gasteiger partial charge in [-0.15, -0.1) is 0 Å². The normalized spacial score (nSPS) is 26.0. The maximum atomic E-state index is 9.31. The number of benzene rings is 1. The Morgan fingerprint density at radius 3 is 2.22 bits per heavy atom. The molecule has 0 N–H and O–H groups in total. The molecule has 90 valence electrons. The molecule has 0 saturated heterocycles. The van der Waals surface area contributed by atoms with Gasteiger partial charge in [-0.1, -0.05) is 24.1 Å². The van der Waals surface area contributed by atoms with Gasteiger partial charge >= 0.3 is 0 Å². The second-order valence-electron chi connectivity index (χ2n) is 4.20. The second-order valence-corrected chi connectivity index (χ2v) is 8.08. The van der Waals surface area contributed by atoms with Crippen molar-refractivity contribution in [2.24, 2.45) is 0 Å². The van der Waals surface area contributed by atoms with Gasteiger partial charge in [0, 0.05) is 17.5 Å². The van der Waals surface area contributed by atoms with Crippen LogP contribution in [0.25, 0.3) is 0 Å². The van der Waals surface area contributed by atoms with E-state index in [1.807, 2.05) is 0 Å². The molecule has 4 unspecified atom stereocenters. The van der Waals surface area contributed by atoms with Crippen molar-refractivity contribution in [3.05, 3.63) is 11.1 Å². The van der Waals surface area contributed by atoms with E-state index in [1.165, 1.54) is 0 Å². The number of hydrogen-bond donors (Lipinski definition) is 0. The second kappa shape index (κ2) is 4.10. The van der Waals surface area contributed by atoms with E-state index >= 15 is 0 Å². The summed E-state index contributed by atoms with van der Waals surface area (Å²) >= 11 is 0. The highest BCUT2D eigenvalue weighted by atomic mass is 31.1. The van der Waals surface area contributed by atoms with Gasteiger partial charge < -0.3 is 9.47 Å². The fraction of sp³-hybridized carbons (Fsp3) is 0.333. The van der Waals surface area contributed by atoms with E-state index in [0.29, 0.717) is 45.2 Å². The molecule has 0 aliphatic carbocycles. The van der Waals surface area contributed by atoms with Crippen LogP contribution >= 0.6 is 17.2 Å². The molecular weight excluding hydrogens is 266 g/mol. The molecule has 2 heterocycles. The minimum atomic E-state index is -0.380. The van der Waals surface area contributed by atoms with Crippen molar-refractivity contribution in [3.8, 4) is 23.6 Å². The fourth-order valence-corrected chi connectivity index (χ4v) is 5.86. The van der Waals surface area contributed by atoms with Crippen molar-refractivity contribution in [2.45, 2.75) is 25.5 Å². The van der Waals surface area contributed by atoms with Crippen LogP contribution in [0, 0.1) is 22.7 Å². The van der Waals surface area contributed by atoms with E-state index < -0.39 is 0 Å². The third-order valence-corrected chi connectivity index (χ3v) is 6.46. The zero-order valence-electron chi connectivity index (χ0n) is 9.87. The lowest BCUT2D eigenvalue weighted by molar-refractivity contribution is 0.0682. The first-order valence-corrected chi connectivity index (χ1v) is 7.71. The summed E-state index contributed by atoms with van der Waals surface area (Å²) < 4.78 is 11.2. The van der Waals surface area contributed by atoms with Crippen molar-refractivity contribution in [1.29, 1.82) is 10.5 Å². The van der Waals surface area contributed by atoms with Gasteiger partial charge in [0.1, 0.15) is 17.7 Å². The van der Waals surface area contributed by atoms with Crippen LogP contribution in [0.2, 0.25) is 0 Å². The van der Waals surface area contributed by atoms with Gasteiger partial charge in [0.25, 0.3) is 0 Å². The summed E-state index contributed by atoms with van der Waals surface area (Å²) in [5, 5.41) is 21.2. The van der Waals surface area contributed by atoms with Crippen molar-refractivity contribution < 1.29 is 9.47 Å². The molecule has 0 aromatic heterocycles. The highest BCUT2D eigenvalue weighted by Gasteiger charge is 2.36. The van der Waals surface area contributed by atoms with Gasteiger partial charge in [-0.3, -0.25) is 0 Å². The Morgan fingerprint density at radius 2 is 1.56 bits per heavy atom. The van der Waals surface area contributed by atoms with Gasteiger partial charge in [0.2, 0.25) is 6.29 Å². The Labute approximate surface area is 108 Å². The highest BCUT2D eigenvalue weighted by molar-refractivity contribution is 7.71. The maximum absolute atomic E-state index is 9.31. The van der Waals surface area contributed by atoms with Crippen molar-refractivity contribution in [1.82, 2.24) is 0 Å². The van der Waals surface area contributed by atoms with Gasteiger partial charge in [-0.25, -0.2) is 0 Å². The Kier molecular flexibility index (Phi) is 2.67. The first kappa shape index (κ1) is 11.7. The quantitative estimate of drug-likeness (QED) is 0.674. The molecule has 4 atom stereocenters. The molecule has 3 rings (SSSR count). The third kappa shape index (κ3) is 1.50. The summed E-state index contributed by atoms with van der Waals surface area (Å²) in [4.78, 5) is 0. The van der Waals surface area contributed by atoms with Crippen LogP contribution in [0.15, 0.2) is 0 Å². The minimum absolute atomic E-state index is 0.335. The van der Waals surface area contributed by atoms with Gasteiger partial charge in [-0.05, 0) is 5.40 Å². The molecule has 1 aromatic rings. The molecule has 0 spiro atoms. The van der Waals surface area contributed by atoms with Crippen molar-refractivity contribution in [3.63, 3.8) is 0 Å². The lowest BCUT2D eigenvalue weighted by atomic mass is 10.1. The number of hydrogen-bond acceptors (Lipinski definition) is 4. The summed E-state index contributed by atoms with van der Waals surface area (Å²) in [6.45, 7) is 3.96. The van der Waals surface area contributed by atoms with Crippen LogP contribution in [-0.2, 0) is 0 Å². The largest absolute Gasteiger partial charge is 0.451 e. The summed E-state index contributed by atoms with van der Waals surface area (Å²) in [5.41, 5.74) is 0.820. The molecule has 0 bridgehead atoms. The molecule has 6 heteroatoms. The van der Waals surface area contributed by atoms with Gasteiger partial charge in [0.05, 0.1) is 5.56 Å². The molecule has 0 saturated carbocycles. The van der Waals surface area contributed by atoms with E-state index in [9.17, 15) is 10.5 Å². The first-order valence-electron chi connectivity index (χ1n) is 5.56. The zero-order valence-corrected chi connectivity index (χ0v) is 11.9. The first-order chi connectivity index (χ1) is 8.65.